The normalized spacial score (nSPS) is 12.0. The van der Waals surface area contributed by atoms with Gasteiger partial charge in [-0.05, 0) is 92.9 Å². The number of nitrogens with zero attached hydrogens (tertiary/aromatic N) is 4. The van der Waals surface area contributed by atoms with Gasteiger partial charge in [0.05, 0.1) is 22.9 Å². The lowest BCUT2D eigenvalue weighted by Crippen LogP contribution is -2.19. The van der Waals surface area contributed by atoms with E-state index >= 15 is 0 Å². The van der Waals surface area contributed by atoms with E-state index in [1.807, 2.05) is 23.1 Å². The smallest absolute Gasteiger partial charge is 0.137 e. The summed E-state index contributed by atoms with van der Waals surface area (Å²) in [5.41, 5.74) is 10.9. The minimum Gasteiger partial charge on any atom is -0.457 e. The van der Waals surface area contributed by atoms with Crippen LogP contribution in [0.2, 0.25) is 0 Å². The van der Waals surface area contributed by atoms with Crippen molar-refractivity contribution in [2.24, 2.45) is 0 Å². The van der Waals surface area contributed by atoms with Gasteiger partial charge in [-0.25, -0.2) is 9.67 Å². The average molecular weight is 729 g/mol. The Morgan fingerprint density at radius 2 is 1.20 bits per heavy atom. The number of hydrogen-bond acceptors (Lipinski definition) is 3. The largest absolute Gasteiger partial charge is 0.457 e. The van der Waals surface area contributed by atoms with Crippen LogP contribution in [-0.4, -0.2) is 19.3 Å². The Hall–Kier alpha value is -6.72. The van der Waals surface area contributed by atoms with Crippen molar-refractivity contribution in [1.82, 2.24) is 19.3 Å². The first-order valence-corrected chi connectivity index (χ1v) is 19.2. The van der Waals surface area contributed by atoms with E-state index in [9.17, 15) is 0 Å². The zero-order valence-corrected chi connectivity index (χ0v) is 32.4. The molecule has 3 heterocycles. The average Bonchev–Trinajstić information content (AvgIpc) is 3.86. The number of benzene rings is 6. The molecule has 0 saturated heterocycles. The molecule has 0 spiro atoms. The van der Waals surface area contributed by atoms with E-state index in [4.69, 9.17) is 14.8 Å². The van der Waals surface area contributed by atoms with Gasteiger partial charge in [0.25, 0.3) is 0 Å². The van der Waals surface area contributed by atoms with Crippen LogP contribution < -0.4 is 4.74 Å². The second kappa shape index (κ2) is 13.8. The Bertz CT molecular complexity index is 2830. The van der Waals surface area contributed by atoms with Gasteiger partial charge < -0.3 is 4.74 Å². The summed E-state index contributed by atoms with van der Waals surface area (Å²) in [4.78, 5) is 5.01. The van der Waals surface area contributed by atoms with E-state index in [1.165, 1.54) is 27.8 Å². The molecule has 5 nitrogen and oxygen atoms in total. The summed E-state index contributed by atoms with van der Waals surface area (Å²) in [5.74, 6) is 2.32. The number of hydrogen-bond donors (Lipinski definition) is 0. The van der Waals surface area contributed by atoms with Gasteiger partial charge in [0.2, 0.25) is 0 Å². The van der Waals surface area contributed by atoms with Crippen LogP contribution in [0, 0.1) is 0 Å². The zero-order chi connectivity index (χ0) is 38.4. The number of fused-ring (bicyclic) bond motifs is 3. The third kappa shape index (κ3) is 6.56. The van der Waals surface area contributed by atoms with Crippen LogP contribution in [0.25, 0.3) is 55.6 Å². The molecule has 0 amide bonds. The van der Waals surface area contributed by atoms with E-state index in [0.29, 0.717) is 0 Å². The molecule has 9 rings (SSSR count). The predicted molar refractivity (Wildman–Crippen MR) is 230 cm³/mol. The Morgan fingerprint density at radius 3 is 1.89 bits per heavy atom. The van der Waals surface area contributed by atoms with E-state index in [1.54, 1.807) is 0 Å². The number of pyridine rings is 1. The molecule has 3 aromatic heterocycles. The maximum atomic E-state index is 6.83. The summed E-state index contributed by atoms with van der Waals surface area (Å²) < 4.78 is 11.0. The maximum absolute atomic E-state index is 6.83. The van der Waals surface area contributed by atoms with Crippen LogP contribution in [0.15, 0.2) is 176 Å². The first-order chi connectivity index (χ1) is 27.1. The van der Waals surface area contributed by atoms with Crippen LogP contribution in [0.3, 0.4) is 0 Å². The Balaban J connectivity index is 1.19. The van der Waals surface area contributed by atoms with Crippen LogP contribution in [-0.2, 0) is 10.8 Å². The fourth-order valence-corrected chi connectivity index (χ4v) is 7.63. The van der Waals surface area contributed by atoms with E-state index in [2.05, 4.69) is 197 Å². The summed E-state index contributed by atoms with van der Waals surface area (Å²) in [6.07, 6.45) is 6.00. The van der Waals surface area contributed by atoms with Crippen molar-refractivity contribution in [3.8, 4) is 45.3 Å². The highest BCUT2D eigenvalue weighted by Gasteiger charge is 2.25. The lowest BCUT2D eigenvalue weighted by Gasteiger charge is -2.26. The molecule has 6 aromatic carbocycles. The zero-order valence-electron chi connectivity index (χ0n) is 32.4. The molecule has 5 heteroatoms. The molecule has 0 saturated carbocycles. The van der Waals surface area contributed by atoms with Crippen LogP contribution >= 0.6 is 0 Å². The number of rotatable bonds is 8. The Kier molecular flexibility index (Phi) is 8.66. The molecule has 56 heavy (non-hydrogen) atoms. The second-order valence-electron chi connectivity index (χ2n) is 16.1. The van der Waals surface area contributed by atoms with Crippen molar-refractivity contribution in [3.05, 3.63) is 193 Å². The van der Waals surface area contributed by atoms with Gasteiger partial charge in [-0.15, -0.1) is 0 Å². The van der Waals surface area contributed by atoms with Crippen LogP contribution in [0.1, 0.15) is 51.3 Å². The molecule has 0 atom stereocenters. The first-order valence-electron chi connectivity index (χ1n) is 19.2. The quantitative estimate of drug-likeness (QED) is 0.156. The molecule has 0 radical (unpaired) electrons. The van der Waals surface area contributed by atoms with Crippen molar-refractivity contribution in [2.45, 2.75) is 45.4 Å². The summed E-state index contributed by atoms with van der Waals surface area (Å²) in [6, 6.07) is 55.5. The lowest BCUT2D eigenvalue weighted by molar-refractivity contribution is 0.483. The molecule has 274 valence electrons. The highest BCUT2D eigenvalue weighted by atomic mass is 16.5. The minimum absolute atomic E-state index is 0.0178. The van der Waals surface area contributed by atoms with Gasteiger partial charge in [0.1, 0.15) is 17.3 Å². The van der Waals surface area contributed by atoms with Crippen molar-refractivity contribution in [3.63, 3.8) is 0 Å². The van der Waals surface area contributed by atoms with Gasteiger partial charge in [0.15, 0.2) is 0 Å². The Morgan fingerprint density at radius 1 is 0.500 bits per heavy atom. The van der Waals surface area contributed by atoms with E-state index in [0.717, 1.165) is 55.9 Å². The molecule has 0 aliphatic rings. The highest BCUT2D eigenvalue weighted by molar-refractivity contribution is 6.10. The first kappa shape index (κ1) is 35.0. The third-order valence-electron chi connectivity index (χ3n) is 11.0. The Labute approximate surface area is 328 Å². The summed E-state index contributed by atoms with van der Waals surface area (Å²) in [6.45, 7) is 11.2. The lowest BCUT2D eigenvalue weighted by atomic mass is 9.78. The number of ether oxygens (including phenoxy) is 1. The van der Waals surface area contributed by atoms with Crippen LogP contribution in [0.4, 0.5) is 0 Å². The molecule has 0 fully saturated rings. The molecular weight excluding hydrogens is 685 g/mol. The SMILES string of the molecule is CC(C)(C)c1cnn(-c2cc(Oc3ccc4c5cc(-c6ccccc6)ccc5n(-c5cc(C(C)(C)c6ccccc6)ccn5)c4c3)cc(-c3ccccc3)c2)c1. The minimum atomic E-state index is -0.226. The van der Waals surface area contributed by atoms with Crippen molar-refractivity contribution in [2.75, 3.05) is 0 Å². The predicted octanol–water partition coefficient (Wildman–Crippen LogP) is 13.1. The standard InChI is InChI=1S/C51H44N4O/c1-50(2,3)41-33-53-54(34-41)42-27-38(36-17-11-7-12-18-36)28-44(31-42)56-43-22-23-45-46-29-37(35-15-9-6-10-16-35)21-24-47(46)55(48(45)32-43)49-30-40(25-26-52-49)51(4,5)39-19-13-8-14-20-39/h6-34H,1-5H3. The summed E-state index contributed by atoms with van der Waals surface area (Å²) in [5, 5.41) is 7.06. The maximum Gasteiger partial charge on any atom is 0.137 e. The fourth-order valence-electron chi connectivity index (χ4n) is 7.63. The highest BCUT2D eigenvalue weighted by Crippen LogP contribution is 2.39. The fraction of sp³-hybridized carbons (Fsp3) is 0.137. The van der Waals surface area contributed by atoms with Gasteiger partial charge in [-0.1, -0.05) is 132 Å². The van der Waals surface area contributed by atoms with Gasteiger partial charge in [-0.2, -0.15) is 5.10 Å². The monoisotopic (exact) mass is 728 g/mol. The van der Waals surface area contributed by atoms with Crippen molar-refractivity contribution in [1.29, 1.82) is 0 Å². The summed E-state index contributed by atoms with van der Waals surface area (Å²) >= 11 is 0. The molecule has 9 aromatic rings. The van der Waals surface area contributed by atoms with Gasteiger partial charge >= 0.3 is 0 Å². The van der Waals surface area contributed by atoms with Crippen LogP contribution in [0.5, 0.6) is 11.5 Å². The van der Waals surface area contributed by atoms with Gasteiger partial charge in [-0.3, -0.25) is 4.57 Å². The van der Waals surface area contributed by atoms with Crippen molar-refractivity contribution < 1.29 is 4.74 Å². The number of aromatic nitrogens is 4. The molecule has 0 aliphatic heterocycles. The molecule has 0 bridgehead atoms. The molecule has 0 unspecified atom stereocenters. The van der Waals surface area contributed by atoms with E-state index < -0.39 is 0 Å². The molecular formula is C51H44N4O. The summed E-state index contributed by atoms with van der Waals surface area (Å²) in [7, 11) is 0. The van der Waals surface area contributed by atoms with Crippen molar-refractivity contribution >= 4 is 21.8 Å². The van der Waals surface area contributed by atoms with E-state index in [-0.39, 0.29) is 10.8 Å². The third-order valence-corrected chi connectivity index (χ3v) is 11.0. The topological polar surface area (TPSA) is 44.9 Å². The molecule has 0 N–H and O–H groups in total. The molecule has 0 aliphatic carbocycles. The van der Waals surface area contributed by atoms with Gasteiger partial charge in [0, 0.05) is 40.7 Å². The second-order valence-corrected chi connectivity index (χ2v) is 16.1.